The highest BCUT2D eigenvalue weighted by Crippen LogP contribution is 2.38. The first-order valence-corrected chi connectivity index (χ1v) is 8.95. The summed E-state index contributed by atoms with van der Waals surface area (Å²) in [5, 5.41) is 0. The van der Waals surface area contributed by atoms with Gasteiger partial charge in [-0.15, -0.1) is 0 Å². The third kappa shape index (κ3) is 3.97. The van der Waals surface area contributed by atoms with Gasteiger partial charge in [0.05, 0.1) is 10.2 Å². The molecular weight excluding hydrogens is 326 g/mol. The lowest BCUT2D eigenvalue weighted by atomic mass is 9.79. The molecule has 0 bridgehead atoms. The zero-order valence-corrected chi connectivity index (χ0v) is 15.3. The van der Waals surface area contributed by atoms with Crippen LogP contribution in [0.2, 0.25) is 0 Å². The lowest BCUT2D eigenvalue weighted by Gasteiger charge is -2.29. The second-order valence-electron chi connectivity index (χ2n) is 7.39. The van der Waals surface area contributed by atoms with Crippen LogP contribution in [0.5, 0.6) is 0 Å². The summed E-state index contributed by atoms with van der Waals surface area (Å²) in [5.74, 6) is 2.92. The highest BCUT2D eigenvalue weighted by atomic mass is 79.9. The van der Waals surface area contributed by atoms with Gasteiger partial charge in [0.2, 0.25) is 0 Å². The van der Waals surface area contributed by atoms with Crippen LogP contribution in [0.25, 0.3) is 0 Å². The van der Waals surface area contributed by atoms with Crippen molar-refractivity contribution in [1.82, 2.24) is 9.97 Å². The Morgan fingerprint density at radius 3 is 2.29 bits per heavy atom. The molecule has 118 valence electrons. The number of hydrogen-bond acceptors (Lipinski definition) is 3. The summed E-state index contributed by atoms with van der Waals surface area (Å²) in [7, 11) is 0. The van der Waals surface area contributed by atoms with Crippen LogP contribution in [-0.4, -0.2) is 9.97 Å². The number of aromatic nitrogens is 2. The molecular formula is C17H28BrN3. The maximum Gasteiger partial charge on any atom is 0.141 e. The minimum Gasteiger partial charge on any atom is -0.383 e. The van der Waals surface area contributed by atoms with Crippen molar-refractivity contribution in [2.75, 3.05) is 5.73 Å². The predicted molar refractivity (Wildman–Crippen MR) is 92.5 cm³/mol. The fourth-order valence-corrected chi connectivity index (χ4v) is 4.05. The molecule has 1 aliphatic rings. The van der Waals surface area contributed by atoms with Gasteiger partial charge in [0.15, 0.2) is 0 Å². The van der Waals surface area contributed by atoms with Crippen molar-refractivity contribution in [3.63, 3.8) is 0 Å². The number of nitrogens with two attached hydrogens (primary N) is 1. The quantitative estimate of drug-likeness (QED) is 0.812. The third-order valence-corrected chi connectivity index (χ3v) is 5.30. The number of halogens is 1. The summed E-state index contributed by atoms with van der Waals surface area (Å²) >= 11 is 3.55. The van der Waals surface area contributed by atoms with Gasteiger partial charge in [0.25, 0.3) is 0 Å². The molecule has 2 rings (SSSR count). The second-order valence-corrected chi connectivity index (χ2v) is 8.18. The average Bonchev–Trinajstić information content (AvgIpc) is 2.41. The molecule has 0 amide bonds. The molecule has 0 radical (unpaired) electrons. The molecule has 1 saturated carbocycles. The highest BCUT2D eigenvalue weighted by molar-refractivity contribution is 9.10. The van der Waals surface area contributed by atoms with Crippen LogP contribution in [0.15, 0.2) is 4.47 Å². The first-order valence-electron chi connectivity index (χ1n) is 8.16. The maximum absolute atomic E-state index is 6.10. The molecule has 0 spiro atoms. The molecule has 3 nitrogen and oxygen atoms in total. The van der Waals surface area contributed by atoms with Crippen molar-refractivity contribution in [2.24, 2.45) is 5.92 Å². The largest absolute Gasteiger partial charge is 0.383 e. The van der Waals surface area contributed by atoms with Crippen molar-refractivity contribution >= 4 is 21.7 Å². The first-order chi connectivity index (χ1) is 9.82. The lowest BCUT2D eigenvalue weighted by molar-refractivity contribution is 0.301. The number of anilines is 1. The average molecular weight is 354 g/mol. The van der Waals surface area contributed by atoms with Crippen LogP contribution < -0.4 is 5.73 Å². The fraction of sp³-hybridized carbons (Fsp3) is 0.765. The van der Waals surface area contributed by atoms with E-state index >= 15 is 0 Å². The Hall–Kier alpha value is -0.640. The van der Waals surface area contributed by atoms with E-state index in [0.717, 1.165) is 21.9 Å². The standard InChI is InChI=1S/C17H28BrN3/c1-5-6-11-7-9-12(10-8-11)16-20-14(17(2,3)4)13(18)15(19)21-16/h11-12H,5-10H2,1-4H3,(H2,19,20,21). The summed E-state index contributed by atoms with van der Waals surface area (Å²) in [4.78, 5) is 9.42. The van der Waals surface area contributed by atoms with Crippen LogP contribution in [0.4, 0.5) is 5.82 Å². The van der Waals surface area contributed by atoms with Gasteiger partial charge in [-0.25, -0.2) is 9.97 Å². The van der Waals surface area contributed by atoms with Gasteiger partial charge in [-0.3, -0.25) is 0 Å². The Bertz CT molecular complexity index is 486. The highest BCUT2D eigenvalue weighted by Gasteiger charge is 2.27. The van der Waals surface area contributed by atoms with E-state index in [1.165, 1.54) is 38.5 Å². The molecule has 21 heavy (non-hydrogen) atoms. The van der Waals surface area contributed by atoms with E-state index < -0.39 is 0 Å². The molecule has 2 N–H and O–H groups in total. The van der Waals surface area contributed by atoms with E-state index in [4.69, 9.17) is 10.7 Å². The Morgan fingerprint density at radius 1 is 1.14 bits per heavy atom. The minimum absolute atomic E-state index is 0.0238. The predicted octanol–water partition coefficient (Wildman–Crippen LogP) is 5.19. The van der Waals surface area contributed by atoms with E-state index in [-0.39, 0.29) is 5.41 Å². The Balaban J connectivity index is 2.20. The molecule has 0 aromatic carbocycles. The van der Waals surface area contributed by atoms with Crippen molar-refractivity contribution in [1.29, 1.82) is 0 Å². The number of nitrogen functional groups attached to an aromatic ring is 1. The fourth-order valence-electron chi connectivity index (χ4n) is 3.28. The Kier molecular flexibility index (Phi) is 5.29. The van der Waals surface area contributed by atoms with E-state index in [1.54, 1.807) is 0 Å². The topological polar surface area (TPSA) is 51.8 Å². The van der Waals surface area contributed by atoms with Gasteiger partial charge in [-0.05, 0) is 47.5 Å². The Morgan fingerprint density at radius 2 is 1.76 bits per heavy atom. The molecule has 1 aliphatic carbocycles. The van der Waals surface area contributed by atoms with Gasteiger partial charge < -0.3 is 5.73 Å². The zero-order chi connectivity index (χ0) is 15.6. The van der Waals surface area contributed by atoms with Crippen LogP contribution in [0.1, 0.15) is 83.7 Å². The van der Waals surface area contributed by atoms with Gasteiger partial charge in [-0.1, -0.05) is 40.5 Å². The monoisotopic (exact) mass is 353 g/mol. The molecule has 0 aliphatic heterocycles. The summed E-state index contributed by atoms with van der Waals surface area (Å²) in [6.45, 7) is 8.78. The molecule has 1 aromatic heterocycles. The van der Waals surface area contributed by atoms with Crippen LogP contribution >= 0.6 is 15.9 Å². The first kappa shape index (κ1) is 16.7. The van der Waals surface area contributed by atoms with E-state index in [2.05, 4.69) is 48.6 Å². The Labute approximate surface area is 137 Å². The summed E-state index contributed by atoms with van der Waals surface area (Å²) in [5.41, 5.74) is 7.11. The minimum atomic E-state index is -0.0238. The van der Waals surface area contributed by atoms with E-state index in [1.807, 2.05) is 0 Å². The second kappa shape index (κ2) is 6.64. The zero-order valence-electron chi connectivity index (χ0n) is 13.7. The van der Waals surface area contributed by atoms with Crippen LogP contribution in [-0.2, 0) is 5.41 Å². The van der Waals surface area contributed by atoms with Gasteiger partial charge >= 0.3 is 0 Å². The molecule has 4 heteroatoms. The maximum atomic E-state index is 6.10. The number of rotatable bonds is 3. The molecule has 0 atom stereocenters. The SMILES string of the molecule is CCCC1CCC(c2nc(N)c(Br)c(C(C)(C)C)n2)CC1. The molecule has 1 aromatic rings. The van der Waals surface area contributed by atoms with Gasteiger partial charge in [0.1, 0.15) is 11.6 Å². The van der Waals surface area contributed by atoms with Gasteiger partial charge in [-0.2, -0.15) is 0 Å². The summed E-state index contributed by atoms with van der Waals surface area (Å²) in [6.07, 6.45) is 7.69. The van der Waals surface area contributed by atoms with Crippen molar-refractivity contribution in [2.45, 2.75) is 77.6 Å². The molecule has 1 heterocycles. The summed E-state index contributed by atoms with van der Waals surface area (Å²) in [6, 6.07) is 0. The van der Waals surface area contributed by atoms with E-state index in [0.29, 0.717) is 11.7 Å². The van der Waals surface area contributed by atoms with Crippen molar-refractivity contribution in [3.05, 3.63) is 16.0 Å². The van der Waals surface area contributed by atoms with Crippen LogP contribution in [0, 0.1) is 5.92 Å². The van der Waals surface area contributed by atoms with Crippen molar-refractivity contribution in [3.8, 4) is 0 Å². The molecule has 1 fully saturated rings. The number of hydrogen-bond donors (Lipinski definition) is 1. The lowest BCUT2D eigenvalue weighted by Crippen LogP contribution is -2.21. The normalized spacial score (nSPS) is 23.3. The van der Waals surface area contributed by atoms with E-state index in [9.17, 15) is 0 Å². The number of nitrogens with zero attached hydrogens (tertiary/aromatic N) is 2. The molecule has 0 saturated heterocycles. The summed E-state index contributed by atoms with van der Waals surface area (Å²) < 4.78 is 0.860. The third-order valence-electron chi connectivity index (χ3n) is 4.51. The van der Waals surface area contributed by atoms with Crippen LogP contribution in [0.3, 0.4) is 0 Å². The van der Waals surface area contributed by atoms with Crippen molar-refractivity contribution < 1.29 is 0 Å². The smallest absolute Gasteiger partial charge is 0.141 e. The van der Waals surface area contributed by atoms with Gasteiger partial charge in [0, 0.05) is 11.3 Å². The molecule has 0 unspecified atom stereocenters.